The fourth-order valence-electron chi connectivity index (χ4n) is 1.66. The molecule has 1 aromatic carbocycles. The number of hydrogen-bond acceptors (Lipinski definition) is 3. The molecule has 0 radical (unpaired) electrons. The Bertz CT molecular complexity index is 456. The lowest BCUT2D eigenvalue weighted by Gasteiger charge is -2.09. The van der Waals surface area contributed by atoms with E-state index in [0.29, 0.717) is 23.7 Å². The fraction of sp³-hybridized carbons (Fsp3) is 0.300. The van der Waals surface area contributed by atoms with Crippen molar-refractivity contribution in [1.82, 2.24) is 0 Å². The Morgan fingerprint density at radius 1 is 1.73 bits per heavy atom. The first-order valence-electron chi connectivity index (χ1n) is 4.40. The summed E-state index contributed by atoms with van der Waals surface area (Å²) in [5, 5.41) is 9.16. The number of nitriles is 1. The number of nitrogens with two attached hydrogens (primary N) is 1. The monoisotopic (exact) mass is 286 g/mol. The lowest BCUT2D eigenvalue weighted by molar-refractivity contribution is 0.0694. The van der Waals surface area contributed by atoms with E-state index in [-0.39, 0.29) is 6.10 Å². The van der Waals surface area contributed by atoms with Crippen LogP contribution in [0.25, 0.3) is 0 Å². The standard InChI is InChI=1S/C10H8BrClN2O/c11-9-6-4-15-8(1-2-13)5(6)3-7(14)10(9)12/h3,8H,1,4,14H2. The van der Waals surface area contributed by atoms with Crippen molar-refractivity contribution in [2.75, 3.05) is 5.73 Å². The van der Waals surface area contributed by atoms with Crippen LogP contribution in [0.15, 0.2) is 10.5 Å². The Hall–Kier alpha value is -0.760. The first-order valence-corrected chi connectivity index (χ1v) is 5.57. The lowest BCUT2D eigenvalue weighted by Crippen LogP contribution is -1.97. The fourth-order valence-corrected chi connectivity index (χ4v) is 2.40. The van der Waals surface area contributed by atoms with Gasteiger partial charge in [-0.05, 0) is 33.1 Å². The van der Waals surface area contributed by atoms with E-state index in [1.165, 1.54) is 0 Å². The maximum atomic E-state index is 8.65. The van der Waals surface area contributed by atoms with E-state index in [2.05, 4.69) is 22.0 Å². The minimum absolute atomic E-state index is 0.180. The zero-order valence-corrected chi connectivity index (χ0v) is 10.1. The van der Waals surface area contributed by atoms with Gasteiger partial charge in [0.2, 0.25) is 0 Å². The average Bonchev–Trinajstić information content (AvgIpc) is 2.59. The number of ether oxygens (including phenoxy) is 1. The summed E-state index contributed by atoms with van der Waals surface area (Å²) >= 11 is 9.38. The average molecular weight is 288 g/mol. The third-order valence-corrected chi connectivity index (χ3v) is 3.93. The zero-order valence-electron chi connectivity index (χ0n) is 7.76. The molecular weight excluding hydrogens is 279 g/mol. The Morgan fingerprint density at radius 2 is 2.47 bits per heavy atom. The second kappa shape index (κ2) is 4.01. The molecule has 0 saturated heterocycles. The number of anilines is 1. The van der Waals surface area contributed by atoms with Crippen LogP contribution >= 0.6 is 27.5 Å². The largest absolute Gasteiger partial charge is 0.397 e. The van der Waals surface area contributed by atoms with Crippen molar-refractivity contribution < 1.29 is 4.74 Å². The topological polar surface area (TPSA) is 59.0 Å². The normalized spacial score (nSPS) is 18.6. The zero-order chi connectivity index (χ0) is 11.0. The van der Waals surface area contributed by atoms with Crippen LogP contribution < -0.4 is 5.73 Å². The molecule has 0 aromatic heterocycles. The van der Waals surface area contributed by atoms with Crippen molar-refractivity contribution in [2.45, 2.75) is 19.1 Å². The summed E-state index contributed by atoms with van der Waals surface area (Å²) in [4.78, 5) is 0. The van der Waals surface area contributed by atoms with Crippen molar-refractivity contribution in [3.8, 4) is 6.07 Å². The van der Waals surface area contributed by atoms with Crippen molar-refractivity contribution in [1.29, 1.82) is 5.26 Å². The predicted octanol–water partition coefficient (Wildman–Crippen LogP) is 3.17. The van der Waals surface area contributed by atoms with E-state index in [1.54, 1.807) is 6.07 Å². The molecule has 0 saturated carbocycles. The smallest absolute Gasteiger partial charge is 0.0964 e. The Kier molecular flexibility index (Phi) is 2.87. The first-order chi connectivity index (χ1) is 7.15. The molecule has 1 aliphatic heterocycles. The Balaban J connectivity index is 2.52. The van der Waals surface area contributed by atoms with Gasteiger partial charge in [-0.2, -0.15) is 5.26 Å². The highest BCUT2D eigenvalue weighted by molar-refractivity contribution is 9.10. The molecule has 0 bridgehead atoms. The molecule has 78 valence electrons. The SMILES string of the molecule is N#CCC1OCc2c1cc(N)c(Cl)c2Br. The van der Waals surface area contributed by atoms with Crippen LogP contribution in [0.2, 0.25) is 5.02 Å². The molecule has 5 heteroatoms. The molecule has 1 heterocycles. The van der Waals surface area contributed by atoms with Gasteiger partial charge in [0.25, 0.3) is 0 Å². The molecule has 0 aliphatic carbocycles. The van der Waals surface area contributed by atoms with Crippen molar-refractivity contribution in [3.05, 3.63) is 26.7 Å². The van der Waals surface area contributed by atoms with Crippen molar-refractivity contribution in [3.63, 3.8) is 0 Å². The molecule has 1 unspecified atom stereocenters. The highest BCUT2D eigenvalue weighted by Gasteiger charge is 2.27. The predicted molar refractivity (Wildman–Crippen MR) is 61.3 cm³/mol. The Morgan fingerprint density at radius 3 is 3.13 bits per heavy atom. The van der Waals surface area contributed by atoms with Crippen LogP contribution in [0.5, 0.6) is 0 Å². The Labute approximate surface area is 101 Å². The van der Waals surface area contributed by atoms with Gasteiger partial charge in [0.05, 0.1) is 35.9 Å². The molecule has 0 amide bonds. The molecular formula is C10H8BrClN2O. The summed E-state index contributed by atoms with van der Waals surface area (Å²) in [6.07, 6.45) is 0.154. The van der Waals surface area contributed by atoms with Gasteiger partial charge in [-0.3, -0.25) is 0 Å². The van der Waals surface area contributed by atoms with Gasteiger partial charge in [0.15, 0.2) is 0 Å². The molecule has 15 heavy (non-hydrogen) atoms. The highest BCUT2D eigenvalue weighted by atomic mass is 79.9. The molecule has 3 nitrogen and oxygen atoms in total. The number of hydrogen-bond donors (Lipinski definition) is 1. The maximum absolute atomic E-state index is 8.65. The van der Waals surface area contributed by atoms with E-state index in [9.17, 15) is 0 Å². The van der Waals surface area contributed by atoms with Gasteiger partial charge in [-0.15, -0.1) is 0 Å². The molecule has 2 rings (SSSR count). The first kappa shape index (κ1) is 10.7. The van der Waals surface area contributed by atoms with Crippen LogP contribution in [0.1, 0.15) is 23.7 Å². The summed E-state index contributed by atoms with van der Waals surface area (Å²) in [6, 6.07) is 3.88. The third-order valence-electron chi connectivity index (χ3n) is 2.42. The summed E-state index contributed by atoms with van der Waals surface area (Å²) in [5.74, 6) is 0. The van der Waals surface area contributed by atoms with Gasteiger partial charge in [0.1, 0.15) is 0 Å². The minimum Gasteiger partial charge on any atom is -0.397 e. The summed E-state index contributed by atoms with van der Waals surface area (Å²) in [7, 11) is 0. The van der Waals surface area contributed by atoms with E-state index in [1.807, 2.05) is 0 Å². The summed E-state index contributed by atoms with van der Waals surface area (Å²) < 4.78 is 6.27. The number of halogens is 2. The van der Waals surface area contributed by atoms with Gasteiger partial charge < -0.3 is 10.5 Å². The summed E-state index contributed by atoms with van der Waals surface area (Å²) in [5.41, 5.74) is 8.22. The lowest BCUT2D eigenvalue weighted by atomic mass is 10.0. The number of benzene rings is 1. The van der Waals surface area contributed by atoms with E-state index >= 15 is 0 Å². The van der Waals surface area contributed by atoms with Gasteiger partial charge in [0, 0.05) is 4.47 Å². The summed E-state index contributed by atoms with van der Waals surface area (Å²) in [6.45, 7) is 0.474. The number of nitrogens with zero attached hydrogens (tertiary/aromatic N) is 1. The van der Waals surface area contributed by atoms with E-state index < -0.39 is 0 Å². The molecule has 0 fully saturated rings. The van der Waals surface area contributed by atoms with E-state index in [4.69, 9.17) is 27.3 Å². The van der Waals surface area contributed by atoms with Crippen LogP contribution in [-0.4, -0.2) is 0 Å². The molecule has 2 N–H and O–H groups in total. The van der Waals surface area contributed by atoms with Crippen LogP contribution in [0.4, 0.5) is 5.69 Å². The van der Waals surface area contributed by atoms with E-state index in [0.717, 1.165) is 15.6 Å². The molecule has 1 aromatic rings. The van der Waals surface area contributed by atoms with Crippen molar-refractivity contribution in [2.24, 2.45) is 0 Å². The van der Waals surface area contributed by atoms with Crippen molar-refractivity contribution >= 4 is 33.2 Å². The van der Waals surface area contributed by atoms with Gasteiger partial charge in [-0.1, -0.05) is 11.6 Å². The number of nitrogen functional groups attached to an aromatic ring is 1. The maximum Gasteiger partial charge on any atom is 0.0964 e. The van der Waals surface area contributed by atoms with Crippen LogP contribution in [0.3, 0.4) is 0 Å². The van der Waals surface area contributed by atoms with Crippen LogP contribution in [-0.2, 0) is 11.3 Å². The highest BCUT2D eigenvalue weighted by Crippen LogP contribution is 2.42. The minimum atomic E-state index is -0.180. The van der Waals surface area contributed by atoms with Crippen LogP contribution in [0, 0.1) is 11.3 Å². The quantitative estimate of drug-likeness (QED) is 0.807. The number of rotatable bonds is 1. The second-order valence-electron chi connectivity index (χ2n) is 3.32. The molecule has 0 spiro atoms. The number of fused-ring (bicyclic) bond motifs is 1. The molecule has 1 aliphatic rings. The third kappa shape index (κ3) is 1.71. The molecule has 1 atom stereocenters. The second-order valence-corrected chi connectivity index (χ2v) is 4.49. The van der Waals surface area contributed by atoms with Gasteiger partial charge in [-0.25, -0.2) is 0 Å². The van der Waals surface area contributed by atoms with Gasteiger partial charge >= 0.3 is 0 Å².